The van der Waals surface area contributed by atoms with E-state index in [-0.39, 0.29) is 18.9 Å². The van der Waals surface area contributed by atoms with Gasteiger partial charge in [0.2, 0.25) is 0 Å². The third-order valence-corrected chi connectivity index (χ3v) is 4.19. The second-order valence-electron chi connectivity index (χ2n) is 6.02. The maximum atomic E-state index is 12.3. The largest absolute Gasteiger partial charge is 0.445 e. The van der Waals surface area contributed by atoms with Crippen molar-refractivity contribution in [3.8, 4) is 0 Å². The molecule has 2 N–H and O–H groups in total. The number of rotatable bonds is 4. The predicted molar refractivity (Wildman–Crippen MR) is 93.0 cm³/mol. The number of hydrogen-bond acceptors (Lipinski definition) is 4. The SMILES string of the molecule is NC1CN(Cc2ccccc2)CCN1C(=O)OCc1ccccc1. The zero-order chi connectivity index (χ0) is 16.8. The normalized spacial score (nSPS) is 18.4. The van der Waals surface area contributed by atoms with Crippen LogP contribution in [0.3, 0.4) is 0 Å². The van der Waals surface area contributed by atoms with Gasteiger partial charge in [-0.05, 0) is 11.1 Å². The molecule has 0 saturated carbocycles. The average molecular weight is 325 g/mol. The van der Waals surface area contributed by atoms with Gasteiger partial charge in [-0.1, -0.05) is 60.7 Å². The number of hydrogen-bond donors (Lipinski definition) is 1. The summed E-state index contributed by atoms with van der Waals surface area (Å²) in [6.07, 6.45) is -0.684. The summed E-state index contributed by atoms with van der Waals surface area (Å²) in [4.78, 5) is 16.1. The molecule has 2 aromatic carbocycles. The fourth-order valence-corrected chi connectivity index (χ4v) is 2.88. The molecule has 1 fully saturated rings. The number of benzene rings is 2. The minimum atomic E-state index is -0.342. The Bertz CT molecular complexity index is 648. The molecule has 3 rings (SSSR count). The minimum Gasteiger partial charge on any atom is -0.445 e. The fraction of sp³-hybridized carbons (Fsp3) is 0.316. The highest BCUT2D eigenvalue weighted by Gasteiger charge is 2.28. The molecule has 2 aromatic rings. The molecule has 5 nitrogen and oxygen atoms in total. The van der Waals surface area contributed by atoms with Gasteiger partial charge in [0.1, 0.15) is 6.61 Å². The average Bonchev–Trinajstić information content (AvgIpc) is 2.61. The molecule has 0 bridgehead atoms. The first-order chi connectivity index (χ1) is 11.7. The minimum absolute atomic E-state index is 0.274. The lowest BCUT2D eigenvalue weighted by Crippen LogP contribution is -2.58. The van der Waals surface area contributed by atoms with Crippen molar-refractivity contribution in [1.82, 2.24) is 9.80 Å². The van der Waals surface area contributed by atoms with Crippen LogP contribution in [0.4, 0.5) is 4.79 Å². The number of nitrogens with zero attached hydrogens (tertiary/aromatic N) is 2. The van der Waals surface area contributed by atoms with E-state index >= 15 is 0 Å². The molecular weight excluding hydrogens is 302 g/mol. The van der Waals surface area contributed by atoms with Crippen molar-refractivity contribution in [2.75, 3.05) is 19.6 Å². The Labute approximate surface area is 142 Å². The van der Waals surface area contributed by atoms with Crippen molar-refractivity contribution >= 4 is 6.09 Å². The Morgan fingerprint density at radius 2 is 1.62 bits per heavy atom. The third kappa shape index (κ3) is 4.34. The summed E-state index contributed by atoms with van der Waals surface area (Å²) in [6.45, 7) is 3.15. The van der Waals surface area contributed by atoms with Gasteiger partial charge in [-0.3, -0.25) is 9.80 Å². The third-order valence-electron chi connectivity index (χ3n) is 4.19. The van der Waals surface area contributed by atoms with E-state index in [2.05, 4.69) is 17.0 Å². The van der Waals surface area contributed by atoms with Gasteiger partial charge in [0.05, 0.1) is 6.17 Å². The van der Waals surface area contributed by atoms with Gasteiger partial charge in [-0.25, -0.2) is 4.79 Å². The van der Waals surface area contributed by atoms with E-state index < -0.39 is 0 Å². The molecule has 0 radical (unpaired) electrons. The standard InChI is InChI=1S/C19H23N3O2/c20-18-14-21(13-16-7-3-1-4-8-16)11-12-22(18)19(23)24-15-17-9-5-2-6-10-17/h1-10,18H,11-15,20H2. The lowest BCUT2D eigenvalue weighted by atomic mass is 10.2. The van der Waals surface area contributed by atoms with E-state index in [9.17, 15) is 4.79 Å². The molecule has 0 spiro atoms. The van der Waals surface area contributed by atoms with Crippen LogP contribution in [0.1, 0.15) is 11.1 Å². The molecule has 126 valence electrons. The molecule has 1 aliphatic rings. The Kier molecular flexibility index (Phi) is 5.46. The number of piperazine rings is 1. The van der Waals surface area contributed by atoms with E-state index in [1.807, 2.05) is 48.5 Å². The van der Waals surface area contributed by atoms with Crippen LogP contribution in [0.2, 0.25) is 0 Å². The van der Waals surface area contributed by atoms with Gasteiger partial charge in [-0.15, -0.1) is 0 Å². The lowest BCUT2D eigenvalue weighted by Gasteiger charge is -2.38. The van der Waals surface area contributed by atoms with Crippen LogP contribution in [-0.2, 0) is 17.9 Å². The molecule has 1 atom stereocenters. The Balaban J connectivity index is 1.49. The summed E-state index contributed by atoms with van der Waals surface area (Å²) in [5.41, 5.74) is 8.40. The molecule has 1 amide bonds. The topological polar surface area (TPSA) is 58.8 Å². The van der Waals surface area contributed by atoms with Crippen LogP contribution in [0.15, 0.2) is 60.7 Å². The van der Waals surface area contributed by atoms with Crippen molar-refractivity contribution in [3.05, 3.63) is 71.8 Å². The van der Waals surface area contributed by atoms with Gasteiger partial charge in [0.25, 0.3) is 0 Å². The van der Waals surface area contributed by atoms with Crippen molar-refractivity contribution in [1.29, 1.82) is 0 Å². The summed E-state index contributed by atoms with van der Waals surface area (Å²) >= 11 is 0. The number of amides is 1. The molecule has 1 aliphatic heterocycles. The maximum absolute atomic E-state index is 12.3. The Morgan fingerprint density at radius 3 is 2.25 bits per heavy atom. The number of ether oxygens (including phenoxy) is 1. The van der Waals surface area contributed by atoms with Crippen molar-refractivity contribution < 1.29 is 9.53 Å². The van der Waals surface area contributed by atoms with Crippen LogP contribution in [0.5, 0.6) is 0 Å². The molecule has 0 aliphatic carbocycles. The van der Waals surface area contributed by atoms with E-state index in [0.717, 1.165) is 18.7 Å². The van der Waals surface area contributed by atoms with E-state index in [4.69, 9.17) is 10.5 Å². The van der Waals surface area contributed by atoms with Crippen LogP contribution >= 0.6 is 0 Å². The highest BCUT2D eigenvalue weighted by atomic mass is 16.6. The molecule has 1 saturated heterocycles. The molecule has 5 heteroatoms. The van der Waals surface area contributed by atoms with Crippen LogP contribution in [0, 0.1) is 0 Å². The number of nitrogens with two attached hydrogens (primary N) is 1. The van der Waals surface area contributed by atoms with Crippen LogP contribution < -0.4 is 5.73 Å². The van der Waals surface area contributed by atoms with E-state index in [1.54, 1.807) is 4.90 Å². The first kappa shape index (κ1) is 16.5. The highest BCUT2D eigenvalue weighted by Crippen LogP contribution is 2.12. The van der Waals surface area contributed by atoms with Gasteiger partial charge in [0, 0.05) is 26.2 Å². The zero-order valence-corrected chi connectivity index (χ0v) is 13.7. The monoisotopic (exact) mass is 325 g/mol. The molecule has 24 heavy (non-hydrogen) atoms. The number of carbonyl (C=O) groups is 1. The first-order valence-corrected chi connectivity index (χ1v) is 8.21. The molecular formula is C19H23N3O2. The highest BCUT2D eigenvalue weighted by molar-refractivity contribution is 5.68. The summed E-state index contributed by atoms with van der Waals surface area (Å²) in [5, 5.41) is 0. The van der Waals surface area contributed by atoms with E-state index in [1.165, 1.54) is 5.56 Å². The summed E-state index contributed by atoms with van der Waals surface area (Å²) in [6, 6.07) is 19.9. The van der Waals surface area contributed by atoms with Crippen molar-refractivity contribution in [2.24, 2.45) is 5.73 Å². The Morgan fingerprint density at radius 1 is 1.00 bits per heavy atom. The van der Waals surface area contributed by atoms with Gasteiger partial charge < -0.3 is 10.5 Å². The summed E-state index contributed by atoms with van der Waals surface area (Å²) in [7, 11) is 0. The van der Waals surface area contributed by atoms with Gasteiger partial charge >= 0.3 is 6.09 Å². The van der Waals surface area contributed by atoms with Crippen molar-refractivity contribution in [2.45, 2.75) is 19.3 Å². The quantitative estimate of drug-likeness (QED) is 0.938. The molecule has 1 heterocycles. The molecule has 0 aromatic heterocycles. The Hall–Kier alpha value is -2.37. The number of carbonyl (C=O) groups excluding carboxylic acids is 1. The fourth-order valence-electron chi connectivity index (χ4n) is 2.88. The predicted octanol–water partition coefficient (Wildman–Crippen LogP) is 2.43. The zero-order valence-electron chi connectivity index (χ0n) is 13.7. The molecule has 1 unspecified atom stereocenters. The second-order valence-corrected chi connectivity index (χ2v) is 6.02. The van der Waals surface area contributed by atoms with Gasteiger partial charge in [-0.2, -0.15) is 0 Å². The smallest absolute Gasteiger partial charge is 0.411 e. The van der Waals surface area contributed by atoms with Crippen LogP contribution in [0.25, 0.3) is 0 Å². The first-order valence-electron chi connectivity index (χ1n) is 8.21. The summed E-state index contributed by atoms with van der Waals surface area (Å²) in [5.74, 6) is 0. The van der Waals surface area contributed by atoms with E-state index in [0.29, 0.717) is 13.1 Å². The van der Waals surface area contributed by atoms with Crippen LogP contribution in [-0.4, -0.2) is 41.7 Å². The second kappa shape index (κ2) is 7.95. The summed E-state index contributed by atoms with van der Waals surface area (Å²) < 4.78 is 5.38. The van der Waals surface area contributed by atoms with Crippen molar-refractivity contribution in [3.63, 3.8) is 0 Å². The lowest BCUT2D eigenvalue weighted by molar-refractivity contribution is 0.0425. The maximum Gasteiger partial charge on any atom is 0.411 e. The van der Waals surface area contributed by atoms with Gasteiger partial charge in [0.15, 0.2) is 0 Å².